The van der Waals surface area contributed by atoms with Gasteiger partial charge in [-0.1, -0.05) is 68.8 Å². The van der Waals surface area contributed by atoms with E-state index < -0.39 is 21.8 Å². The Morgan fingerprint density at radius 3 is 2.42 bits per heavy atom. The maximum Gasteiger partial charge on any atom is 0.353 e. The van der Waals surface area contributed by atoms with Crippen LogP contribution in [0.1, 0.15) is 32.4 Å². The van der Waals surface area contributed by atoms with Crippen LogP contribution in [0.2, 0.25) is 29.7 Å². The Kier molecular flexibility index (Phi) is 5.82. The van der Waals surface area contributed by atoms with Crippen LogP contribution < -0.4 is 0 Å². The summed E-state index contributed by atoms with van der Waals surface area (Å²) in [6.45, 7) is 12.8. The van der Waals surface area contributed by atoms with E-state index in [9.17, 15) is 4.57 Å². The lowest BCUT2D eigenvalue weighted by Crippen LogP contribution is -2.34. The summed E-state index contributed by atoms with van der Waals surface area (Å²) in [6.07, 6.45) is 1.63. The Hall–Kier alpha value is -0.0931. The molecule has 1 heterocycles. The van der Waals surface area contributed by atoms with E-state index >= 15 is 0 Å². The first-order chi connectivity index (χ1) is 10.9. The zero-order valence-electron chi connectivity index (χ0n) is 15.0. The molecule has 2 atom stereocenters. The van der Waals surface area contributed by atoms with Crippen molar-refractivity contribution in [1.82, 2.24) is 0 Å². The SMILES string of the molecule is CCOP1(=O)O[C@H](c2ccc(Cl)cc2Cl)C(C)(C)C=C1[Si](C)(C)C. The smallest absolute Gasteiger partial charge is 0.306 e. The summed E-state index contributed by atoms with van der Waals surface area (Å²) in [5.41, 5.74) is 0.412. The van der Waals surface area contributed by atoms with Crippen molar-refractivity contribution in [3.8, 4) is 0 Å². The van der Waals surface area contributed by atoms with E-state index in [0.717, 1.165) is 10.5 Å². The maximum absolute atomic E-state index is 13.5. The summed E-state index contributed by atoms with van der Waals surface area (Å²) in [5, 5.41) is 1.07. The number of rotatable bonds is 4. The first-order valence-corrected chi connectivity index (χ1v) is 13.8. The second kappa shape index (κ2) is 6.90. The van der Waals surface area contributed by atoms with Gasteiger partial charge >= 0.3 is 7.60 Å². The van der Waals surface area contributed by atoms with Gasteiger partial charge in [0, 0.05) is 26.0 Å². The van der Waals surface area contributed by atoms with Gasteiger partial charge in [0.1, 0.15) is 6.10 Å². The molecule has 0 N–H and O–H groups in total. The van der Waals surface area contributed by atoms with Crippen LogP contribution in [-0.4, -0.2) is 14.7 Å². The predicted octanol–water partition coefficient (Wildman–Crippen LogP) is 7.08. The summed E-state index contributed by atoms with van der Waals surface area (Å²) in [6, 6.07) is 5.29. The third kappa shape index (κ3) is 4.00. The zero-order valence-corrected chi connectivity index (χ0v) is 18.4. The maximum atomic E-state index is 13.5. The fourth-order valence-corrected chi connectivity index (χ4v) is 9.67. The Morgan fingerprint density at radius 1 is 1.29 bits per heavy atom. The summed E-state index contributed by atoms with van der Waals surface area (Å²) >= 11 is 12.4. The molecular weight excluding hydrogens is 382 g/mol. The molecule has 1 aromatic carbocycles. The molecular formula is C17H25Cl2O3PSi. The highest BCUT2D eigenvalue weighted by molar-refractivity contribution is 7.62. The summed E-state index contributed by atoms with van der Waals surface area (Å²) in [4.78, 5) is 0.850. The average Bonchev–Trinajstić information content (AvgIpc) is 2.41. The summed E-state index contributed by atoms with van der Waals surface area (Å²) in [5.74, 6) is 0. The summed E-state index contributed by atoms with van der Waals surface area (Å²) in [7, 11) is -5.22. The average molecular weight is 407 g/mol. The largest absolute Gasteiger partial charge is 0.353 e. The first kappa shape index (κ1) is 20.2. The third-order valence-corrected chi connectivity index (χ3v) is 10.9. The minimum Gasteiger partial charge on any atom is -0.306 e. The molecule has 0 spiro atoms. The molecule has 0 aliphatic carbocycles. The van der Waals surface area contributed by atoms with Crippen LogP contribution in [0.15, 0.2) is 29.2 Å². The zero-order chi connectivity index (χ0) is 18.3. The Labute approximate surface area is 155 Å². The minimum atomic E-state index is -3.35. The van der Waals surface area contributed by atoms with Crippen molar-refractivity contribution < 1.29 is 13.6 Å². The summed E-state index contributed by atoms with van der Waals surface area (Å²) < 4.78 is 25.3. The van der Waals surface area contributed by atoms with Crippen molar-refractivity contribution in [3.63, 3.8) is 0 Å². The lowest BCUT2D eigenvalue weighted by atomic mass is 9.83. The van der Waals surface area contributed by atoms with E-state index in [0.29, 0.717) is 16.7 Å². The Balaban J connectivity index is 2.61. The van der Waals surface area contributed by atoms with Gasteiger partial charge in [-0.15, -0.1) is 0 Å². The second-order valence-electron chi connectivity index (χ2n) is 7.67. The van der Waals surface area contributed by atoms with Crippen LogP contribution in [0, 0.1) is 5.41 Å². The van der Waals surface area contributed by atoms with Gasteiger partial charge in [0.2, 0.25) is 0 Å². The molecule has 0 saturated heterocycles. The standard InChI is InChI=1S/C17H25Cl2O3PSi/c1-7-21-23(20)15(24(4,5)6)11-17(2,3)16(22-23)13-9-8-12(18)10-14(13)19/h8-11,16H,7H2,1-6H3/t16-,23?/m1/s1. The van der Waals surface area contributed by atoms with Crippen molar-refractivity contribution in [3.05, 3.63) is 44.8 Å². The van der Waals surface area contributed by atoms with Crippen molar-refractivity contribution in [1.29, 1.82) is 0 Å². The van der Waals surface area contributed by atoms with E-state index in [1.165, 1.54) is 0 Å². The fourth-order valence-electron chi connectivity index (χ4n) is 2.91. The van der Waals surface area contributed by atoms with Gasteiger partial charge in [0.15, 0.2) is 0 Å². The lowest BCUT2D eigenvalue weighted by Gasteiger charge is -2.43. The number of hydrogen-bond acceptors (Lipinski definition) is 3. The normalized spacial score (nSPS) is 27.0. The number of benzene rings is 1. The molecule has 0 bridgehead atoms. The van der Waals surface area contributed by atoms with E-state index in [1.807, 2.05) is 13.0 Å². The monoisotopic (exact) mass is 406 g/mol. The van der Waals surface area contributed by atoms with E-state index in [1.54, 1.807) is 12.1 Å². The van der Waals surface area contributed by atoms with Gasteiger partial charge < -0.3 is 4.52 Å². The quantitative estimate of drug-likeness (QED) is 0.395. The molecule has 1 aliphatic heterocycles. The molecule has 0 fully saturated rings. The van der Waals surface area contributed by atoms with Crippen LogP contribution in [0.4, 0.5) is 0 Å². The highest BCUT2D eigenvalue weighted by Gasteiger charge is 2.49. The fraction of sp³-hybridized carbons (Fsp3) is 0.529. The van der Waals surface area contributed by atoms with Crippen LogP contribution in [0.5, 0.6) is 0 Å². The molecule has 3 nitrogen and oxygen atoms in total. The van der Waals surface area contributed by atoms with Crippen molar-refractivity contribution >= 4 is 38.9 Å². The van der Waals surface area contributed by atoms with Gasteiger partial charge in [0.05, 0.1) is 14.7 Å². The highest BCUT2D eigenvalue weighted by Crippen LogP contribution is 2.68. The topological polar surface area (TPSA) is 35.5 Å². The molecule has 7 heteroatoms. The first-order valence-electron chi connectivity index (χ1n) is 8.02. The van der Waals surface area contributed by atoms with Crippen LogP contribution in [0.3, 0.4) is 0 Å². The molecule has 1 unspecified atom stereocenters. The molecule has 24 heavy (non-hydrogen) atoms. The van der Waals surface area contributed by atoms with Gasteiger partial charge in [-0.3, -0.25) is 9.09 Å². The molecule has 0 aromatic heterocycles. The van der Waals surface area contributed by atoms with E-state index in [4.69, 9.17) is 32.2 Å². The lowest BCUT2D eigenvalue weighted by molar-refractivity contribution is 0.0762. The number of hydrogen-bond donors (Lipinski definition) is 0. The van der Waals surface area contributed by atoms with E-state index in [2.05, 4.69) is 39.6 Å². The molecule has 0 radical (unpaired) electrons. The molecule has 2 rings (SSSR count). The van der Waals surface area contributed by atoms with Gasteiger partial charge in [-0.25, -0.2) is 0 Å². The van der Waals surface area contributed by atoms with Gasteiger partial charge in [0.25, 0.3) is 0 Å². The van der Waals surface area contributed by atoms with Gasteiger partial charge in [-0.05, 0) is 19.1 Å². The van der Waals surface area contributed by atoms with Crippen LogP contribution in [0.25, 0.3) is 0 Å². The van der Waals surface area contributed by atoms with Crippen molar-refractivity contribution in [2.45, 2.75) is 46.5 Å². The molecule has 0 amide bonds. The van der Waals surface area contributed by atoms with E-state index in [-0.39, 0.29) is 5.41 Å². The number of halogens is 2. The van der Waals surface area contributed by atoms with Crippen molar-refractivity contribution in [2.75, 3.05) is 6.61 Å². The molecule has 134 valence electrons. The minimum absolute atomic E-state index is 0.334. The predicted molar refractivity (Wildman–Crippen MR) is 105 cm³/mol. The molecule has 1 aliphatic rings. The third-order valence-electron chi connectivity index (χ3n) is 4.04. The van der Waals surface area contributed by atoms with Crippen LogP contribution in [-0.2, 0) is 13.6 Å². The van der Waals surface area contributed by atoms with Crippen LogP contribution >= 0.6 is 30.8 Å². The Bertz CT molecular complexity index is 710. The van der Waals surface area contributed by atoms with Gasteiger partial charge in [-0.2, -0.15) is 0 Å². The molecule has 1 aromatic rings. The highest BCUT2D eigenvalue weighted by atomic mass is 35.5. The Morgan fingerprint density at radius 2 is 1.92 bits per heavy atom. The van der Waals surface area contributed by atoms with Crippen molar-refractivity contribution in [2.24, 2.45) is 5.41 Å². The molecule has 0 saturated carbocycles. The second-order valence-corrected chi connectivity index (χ2v) is 15.9.